The van der Waals surface area contributed by atoms with E-state index in [0.717, 1.165) is 48.7 Å². The number of nitrogens with zero attached hydrogens (tertiary/aromatic N) is 4. The summed E-state index contributed by atoms with van der Waals surface area (Å²) in [5, 5.41) is 4.50. The highest BCUT2D eigenvalue weighted by atomic mass is 16.1. The molecule has 1 amide bonds. The molecule has 0 radical (unpaired) electrons. The molecule has 0 spiro atoms. The zero-order valence-corrected chi connectivity index (χ0v) is 19.4. The monoisotopic (exact) mass is 435 g/mol. The molecule has 1 aliphatic rings. The van der Waals surface area contributed by atoms with Gasteiger partial charge < -0.3 is 26.3 Å². The van der Waals surface area contributed by atoms with Gasteiger partial charge in [0, 0.05) is 49.1 Å². The molecule has 1 fully saturated rings. The minimum Gasteiger partial charge on any atom is -0.365 e. The Morgan fingerprint density at radius 1 is 1.31 bits per heavy atom. The fourth-order valence-electron chi connectivity index (χ4n) is 5.08. The average Bonchev–Trinajstić information content (AvgIpc) is 3.03. The van der Waals surface area contributed by atoms with E-state index in [1.807, 2.05) is 24.1 Å². The molecule has 170 valence electrons. The van der Waals surface area contributed by atoms with E-state index in [9.17, 15) is 4.79 Å². The lowest BCUT2D eigenvalue weighted by Gasteiger charge is -2.36. The number of aryl methyl sites for hydroxylation is 2. The number of carbonyl (C=O) groups excluding carboxylic acids is 1. The van der Waals surface area contributed by atoms with Gasteiger partial charge in [0.05, 0.1) is 5.52 Å². The lowest BCUT2D eigenvalue weighted by atomic mass is 9.90. The molecule has 0 saturated heterocycles. The average molecular weight is 436 g/mol. The second kappa shape index (κ2) is 8.78. The van der Waals surface area contributed by atoms with Crippen molar-refractivity contribution in [2.24, 2.45) is 18.5 Å². The van der Waals surface area contributed by atoms with Crippen LogP contribution in [0.25, 0.3) is 10.9 Å². The van der Waals surface area contributed by atoms with E-state index in [0.29, 0.717) is 11.8 Å². The van der Waals surface area contributed by atoms with Gasteiger partial charge >= 0.3 is 0 Å². The number of likely N-dealkylation sites (N-methyl/N-ethyl adjacent to an activating group) is 1. The van der Waals surface area contributed by atoms with E-state index < -0.39 is 5.91 Å². The molecule has 1 aromatic carbocycles. The topological polar surface area (TPSA) is 115 Å². The van der Waals surface area contributed by atoms with E-state index >= 15 is 0 Å². The van der Waals surface area contributed by atoms with Gasteiger partial charge in [0.2, 0.25) is 5.95 Å². The molecule has 5 N–H and O–H groups in total. The Bertz CT molecular complexity index is 1150. The molecule has 0 aliphatic heterocycles. The molecule has 1 saturated carbocycles. The first-order valence-corrected chi connectivity index (χ1v) is 11.3. The molecule has 3 aromatic rings. The number of aromatic nitrogens is 3. The molecule has 2 aromatic heterocycles. The van der Waals surface area contributed by atoms with Crippen LogP contribution in [0.2, 0.25) is 0 Å². The molecular weight excluding hydrogens is 402 g/mol. The van der Waals surface area contributed by atoms with Gasteiger partial charge in [-0.1, -0.05) is 25.8 Å². The van der Waals surface area contributed by atoms with Crippen LogP contribution in [0.15, 0.2) is 24.4 Å². The van der Waals surface area contributed by atoms with Gasteiger partial charge in [-0.05, 0) is 43.9 Å². The maximum absolute atomic E-state index is 12.1. The highest BCUT2D eigenvalue weighted by molar-refractivity contribution is 6.01. The molecule has 1 aliphatic carbocycles. The predicted octanol–water partition coefficient (Wildman–Crippen LogP) is 3.39. The summed E-state index contributed by atoms with van der Waals surface area (Å²) in [7, 11) is 4.05. The number of benzene rings is 1. The third-order valence-corrected chi connectivity index (χ3v) is 6.84. The Morgan fingerprint density at radius 2 is 2.06 bits per heavy atom. The Morgan fingerprint density at radius 3 is 2.75 bits per heavy atom. The summed E-state index contributed by atoms with van der Waals surface area (Å²) in [6.45, 7) is 4.28. The van der Waals surface area contributed by atoms with Crippen LogP contribution in [0.4, 0.5) is 17.5 Å². The van der Waals surface area contributed by atoms with E-state index in [1.54, 1.807) is 0 Å². The van der Waals surface area contributed by atoms with Crippen molar-refractivity contribution >= 4 is 34.3 Å². The largest absolute Gasteiger partial charge is 0.365 e. The van der Waals surface area contributed by atoms with E-state index in [1.165, 1.54) is 17.5 Å². The highest BCUT2D eigenvalue weighted by Crippen LogP contribution is 2.34. The second-order valence-electron chi connectivity index (χ2n) is 8.73. The van der Waals surface area contributed by atoms with Crippen molar-refractivity contribution in [3.8, 4) is 0 Å². The van der Waals surface area contributed by atoms with Gasteiger partial charge in [-0.3, -0.25) is 4.79 Å². The smallest absolute Gasteiger partial charge is 0.254 e. The van der Waals surface area contributed by atoms with Gasteiger partial charge in [-0.2, -0.15) is 4.98 Å². The van der Waals surface area contributed by atoms with Crippen LogP contribution in [-0.4, -0.2) is 39.6 Å². The first kappa shape index (κ1) is 22.1. The van der Waals surface area contributed by atoms with Crippen LogP contribution in [0.5, 0.6) is 0 Å². The number of hydrogen-bond donors (Lipinski definition) is 3. The quantitative estimate of drug-likeness (QED) is 0.547. The Balaban J connectivity index is 1.76. The lowest BCUT2D eigenvalue weighted by Crippen LogP contribution is -2.48. The molecule has 0 bridgehead atoms. The molecule has 8 heteroatoms. The summed E-state index contributed by atoms with van der Waals surface area (Å²) in [5.41, 5.74) is 16.8. The molecule has 2 heterocycles. The van der Waals surface area contributed by atoms with Gasteiger partial charge in [-0.25, -0.2) is 4.98 Å². The summed E-state index contributed by atoms with van der Waals surface area (Å²) in [6, 6.07) is 6.36. The first-order valence-electron chi connectivity index (χ1n) is 11.3. The summed E-state index contributed by atoms with van der Waals surface area (Å²) >= 11 is 0. The van der Waals surface area contributed by atoms with Crippen molar-refractivity contribution in [1.82, 2.24) is 14.5 Å². The normalized spacial score (nSPS) is 18.7. The molecule has 8 nitrogen and oxygen atoms in total. The number of amides is 1. The van der Waals surface area contributed by atoms with Crippen molar-refractivity contribution in [2.45, 2.75) is 58.0 Å². The second-order valence-corrected chi connectivity index (χ2v) is 8.73. The molecule has 4 rings (SSSR count). The van der Waals surface area contributed by atoms with Crippen LogP contribution in [-0.2, 0) is 13.5 Å². The molecule has 2 unspecified atom stereocenters. The van der Waals surface area contributed by atoms with E-state index in [4.69, 9.17) is 16.5 Å². The third kappa shape index (κ3) is 3.79. The summed E-state index contributed by atoms with van der Waals surface area (Å²) in [4.78, 5) is 23.3. The number of primary amides is 1. The van der Waals surface area contributed by atoms with Crippen molar-refractivity contribution in [2.75, 3.05) is 17.3 Å². The maximum Gasteiger partial charge on any atom is 0.254 e. The van der Waals surface area contributed by atoms with Crippen LogP contribution in [0.3, 0.4) is 0 Å². The summed E-state index contributed by atoms with van der Waals surface area (Å²) < 4.78 is 2.22. The summed E-state index contributed by atoms with van der Waals surface area (Å²) in [6.07, 6.45) is 6.74. The van der Waals surface area contributed by atoms with Gasteiger partial charge in [0.15, 0.2) is 0 Å². The Labute approximate surface area is 189 Å². The third-order valence-electron chi connectivity index (χ3n) is 6.84. The predicted molar refractivity (Wildman–Crippen MR) is 130 cm³/mol. The van der Waals surface area contributed by atoms with Crippen molar-refractivity contribution in [3.05, 3.63) is 41.2 Å². The molecule has 2 atom stereocenters. The minimum atomic E-state index is -0.567. The minimum absolute atomic E-state index is 0.0813. The zero-order valence-electron chi connectivity index (χ0n) is 19.4. The fourth-order valence-corrected chi connectivity index (χ4v) is 5.08. The van der Waals surface area contributed by atoms with Crippen LogP contribution >= 0.6 is 0 Å². The number of rotatable bonds is 6. The number of carbonyl (C=O) groups is 1. The van der Waals surface area contributed by atoms with Crippen LogP contribution in [0, 0.1) is 6.92 Å². The van der Waals surface area contributed by atoms with Crippen LogP contribution < -0.4 is 21.7 Å². The maximum atomic E-state index is 12.1. The summed E-state index contributed by atoms with van der Waals surface area (Å²) in [5.74, 6) is 0.376. The number of nitrogens with one attached hydrogen (secondary N) is 1. The Hall–Kier alpha value is -3.13. The van der Waals surface area contributed by atoms with Gasteiger partial charge in [0.1, 0.15) is 11.4 Å². The van der Waals surface area contributed by atoms with Crippen molar-refractivity contribution in [1.29, 1.82) is 0 Å². The fraction of sp³-hybridized carbons (Fsp3) is 0.458. The van der Waals surface area contributed by atoms with E-state index in [-0.39, 0.29) is 17.6 Å². The molecule has 32 heavy (non-hydrogen) atoms. The standard InChI is InChI=1S/C24H33N7O/c1-5-18-14(2)21-17(10-8-12-20(21)30(18)3)28-23-15(22(26)32)13-27-24(29-23)31(4)19-11-7-6-9-16(19)25/h8,10,12-13,16,19H,5-7,9,11,25H2,1-4H3,(H2,26,32)(H,27,28,29). The number of fused-ring (bicyclic) bond motifs is 1. The first-order chi connectivity index (χ1) is 15.3. The van der Waals surface area contributed by atoms with Crippen LogP contribution in [0.1, 0.15) is 54.2 Å². The Kier molecular flexibility index (Phi) is 6.06. The zero-order chi connectivity index (χ0) is 23.0. The van der Waals surface area contributed by atoms with Crippen molar-refractivity contribution < 1.29 is 4.79 Å². The highest BCUT2D eigenvalue weighted by Gasteiger charge is 2.28. The SMILES string of the molecule is CCc1c(C)c2c(Nc3nc(N(C)C4CCCCC4N)ncc3C(N)=O)cccc2n1C. The van der Waals surface area contributed by atoms with Gasteiger partial charge in [-0.15, -0.1) is 0 Å². The number of anilines is 3. The van der Waals surface area contributed by atoms with Gasteiger partial charge in [0.25, 0.3) is 5.91 Å². The lowest BCUT2D eigenvalue weighted by molar-refractivity contribution is 0.100. The van der Waals surface area contributed by atoms with E-state index in [2.05, 4.69) is 41.8 Å². The van der Waals surface area contributed by atoms with Crippen molar-refractivity contribution in [3.63, 3.8) is 0 Å². The number of nitrogens with two attached hydrogens (primary N) is 2. The number of hydrogen-bond acceptors (Lipinski definition) is 6. The molecular formula is C24H33N7O.